The van der Waals surface area contributed by atoms with Crippen molar-refractivity contribution in [1.29, 1.82) is 0 Å². The number of aromatic nitrogens is 2. The number of nitrogens with zero attached hydrogens (tertiary/aromatic N) is 3. The van der Waals surface area contributed by atoms with Crippen molar-refractivity contribution in [2.24, 2.45) is 0 Å². The van der Waals surface area contributed by atoms with Gasteiger partial charge in [0.2, 0.25) is 5.91 Å². The van der Waals surface area contributed by atoms with E-state index in [-0.39, 0.29) is 17.0 Å². The zero-order valence-corrected chi connectivity index (χ0v) is 16.1. The monoisotopic (exact) mass is 390 g/mol. The van der Waals surface area contributed by atoms with Crippen molar-refractivity contribution in [3.05, 3.63) is 41.8 Å². The van der Waals surface area contributed by atoms with E-state index in [0.29, 0.717) is 19.5 Å². The second-order valence-corrected chi connectivity index (χ2v) is 7.60. The second kappa shape index (κ2) is 9.03. The fraction of sp³-hybridized carbons (Fsp3) is 0.421. The molecule has 27 heavy (non-hydrogen) atoms. The largest absolute Gasteiger partial charge is 0.346 e. The molecule has 3 rings (SSSR count). The highest BCUT2D eigenvalue weighted by Crippen LogP contribution is 2.19. The number of H-pyrrole nitrogens is 1. The van der Waals surface area contributed by atoms with Gasteiger partial charge in [0, 0.05) is 50.1 Å². The molecule has 1 N–H and O–H groups in total. The summed E-state index contributed by atoms with van der Waals surface area (Å²) in [6, 6.07) is 8.18. The van der Waals surface area contributed by atoms with E-state index in [9.17, 15) is 14.0 Å². The van der Waals surface area contributed by atoms with Crippen LogP contribution in [-0.4, -0.2) is 63.6 Å². The quantitative estimate of drug-likeness (QED) is 0.752. The van der Waals surface area contributed by atoms with Crippen molar-refractivity contribution in [3.8, 4) is 11.3 Å². The highest BCUT2D eigenvalue weighted by Gasteiger charge is 2.22. The van der Waals surface area contributed by atoms with E-state index in [4.69, 9.17) is 0 Å². The van der Waals surface area contributed by atoms with Crippen molar-refractivity contribution < 1.29 is 14.0 Å². The standard InChI is InChI=1S/C19H23FN4O2S/c1-23(18(25)8-10-24-11-12-27-19(24)26)9-2-3-16-13-17(22-21-16)14-4-6-15(20)7-5-14/h4-7,13H,2-3,8-12H2,1H3,(H,21,22). The van der Waals surface area contributed by atoms with Gasteiger partial charge in [-0.3, -0.25) is 14.7 Å². The van der Waals surface area contributed by atoms with Gasteiger partial charge in [0.05, 0.1) is 5.69 Å². The van der Waals surface area contributed by atoms with E-state index in [1.807, 2.05) is 6.07 Å². The predicted octanol–water partition coefficient (Wildman–Crippen LogP) is 3.17. The zero-order valence-electron chi connectivity index (χ0n) is 15.3. The maximum absolute atomic E-state index is 13.0. The maximum atomic E-state index is 13.0. The van der Waals surface area contributed by atoms with Gasteiger partial charge >= 0.3 is 0 Å². The van der Waals surface area contributed by atoms with Gasteiger partial charge in [-0.25, -0.2) is 4.39 Å². The molecule has 0 saturated carbocycles. The first-order valence-electron chi connectivity index (χ1n) is 8.99. The maximum Gasteiger partial charge on any atom is 0.281 e. The summed E-state index contributed by atoms with van der Waals surface area (Å²) in [5, 5.41) is 7.33. The molecule has 2 heterocycles. The van der Waals surface area contributed by atoms with Crippen LogP contribution in [0.15, 0.2) is 30.3 Å². The van der Waals surface area contributed by atoms with Crippen molar-refractivity contribution in [1.82, 2.24) is 20.0 Å². The molecule has 0 radical (unpaired) electrons. The number of amides is 2. The molecular formula is C19H23FN4O2S. The lowest BCUT2D eigenvalue weighted by Crippen LogP contribution is -2.33. The van der Waals surface area contributed by atoms with Gasteiger partial charge in [0.25, 0.3) is 5.24 Å². The molecule has 1 aliphatic heterocycles. The minimum atomic E-state index is -0.268. The van der Waals surface area contributed by atoms with Crippen molar-refractivity contribution >= 4 is 22.9 Å². The average molecular weight is 390 g/mol. The van der Waals surface area contributed by atoms with Crippen LogP contribution in [0.5, 0.6) is 0 Å². The fourth-order valence-electron chi connectivity index (χ4n) is 2.94. The smallest absolute Gasteiger partial charge is 0.281 e. The Kier molecular flexibility index (Phi) is 6.49. The van der Waals surface area contributed by atoms with Crippen LogP contribution in [0.3, 0.4) is 0 Å². The van der Waals surface area contributed by atoms with Crippen LogP contribution in [0.4, 0.5) is 9.18 Å². The van der Waals surface area contributed by atoms with Gasteiger partial charge in [-0.2, -0.15) is 5.10 Å². The Labute approximate surface area is 162 Å². The van der Waals surface area contributed by atoms with Crippen molar-refractivity contribution in [3.63, 3.8) is 0 Å². The van der Waals surface area contributed by atoms with Crippen LogP contribution in [0.2, 0.25) is 0 Å². The minimum Gasteiger partial charge on any atom is -0.346 e. The van der Waals surface area contributed by atoms with Gasteiger partial charge in [0.1, 0.15) is 5.82 Å². The molecule has 8 heteroatoms. The van der Waals surface area contributed by atoms with Crippen LogP contribution in [0.25, 0.3) is 11.3 Å². The van der Waals surface area contributed by atoms with Crippen LogP contribution in [0.1, 0.15) is 18.5 Å². The molecule has 0 aliphatic carbocycles. The summed E-state index contributed by atoms with van der Waals surface area (Å²) >= 11 is 1.31. The SMILES string of the molecule is CN(CCCc1cc(-c2ccc(F)cc2)n[nH]1)C(=O)CCN1CCSC1=O. The average Bonchev–Trinajstić information content (AvgIpc) is 3.29. The first-order chi connectivity index (χ1) is 13.0. The van der Waals surface area contributed by atoms with Crippen LogP contribution >= 0.6 is 11.8 Å². The molecule has 144 valence electrons. The number of halogens is 1. The number of rotatable bonds is 8. The number of benzene rings is 1. The highest BCUT2D eigenvalue weighted by molar-refractivity contribution is 8.13. The third-order valence-electron chi connectivity index (χ3n) is 4.58. The van der Waals surface area contributed by atoms with Crippen LogP contribution in [0, 0.1) is 5.82 Å². The normalized spacial score (nSPS) is 14.0. The lowest BCUT2D eigenvalue weighted by atomic mass is 10.1. The van der Waals surface area contributed by atoms with Gasteiger partial charge in [0.15, 0.2) is 0 Å². The Morgan fingerprint density at radius 2 is 2.15 bits per heavy atom. The van der Waals surface area contributed by atoms with E-state index in [1.165, 1.54) is 23.9 Å². The Balaban J connectivity index is 1.40. The van der Waals surface area contributed by atoms with Gasteiger partial charge in [-0.05, 0) is 43.2 Å². The van der Waals surface area contributed by atoms with E-state index < -0.39 is 0 Å². The van der Waals surface area contributed by atoms with E-state index >= 15 is 0 Å². The summed E-state index contributed by atoms with van der Waals surface area (Å²) in [6.07, 6.45) is 1.94. The molecule has 1 saturated heterocycles. The van der Waals surface area contributed by atoms with Crippen LogP contribution < -0.4 is 0 Å². The molecule has 1 aromatic heterocycles. The number of nitrogens with one attached hydrogen (secondary N) is 1. The topological polar surface area (TPSA) is 69.3 Å². The van der Waals surface area contributed by atoms with Crippen molar-refractivity contribution in [2.45, 2.75) is 19.3 Å². The lowest BCUT2D eigenvalue weighted by Gasteiger charge is -2.19. The van der Waals surface area contributed by atoms with E-state index in [0.717, 1.165) is 42.1 Å². The summed E-state index contributed by atoms with van der Waals surface area (Å²) in [6.45, 7) is 1.87. The van der Waals surface area contributed by atoms with Gasteiger partial charge in [-0.15, -0.1) is 0 Å². The molecular weight excluding hydrogens is 367 g/mol. The number of aryl methyl sites for hydroxylation is 1. The summed E-state index contributed by atoms with van der Waals surface area (Å²) in [5.41, 5.74) is 2.62. The molecule has 0 bridgehead atoms. The number of hydrogen-bond donors (Lipinski definition) is 1. The highest BCUT2D eigenvalue weighted by atomic mass is 32.2. The third-order valence-corrected chi connectivity index (χ3v) is 5.47. The zero-order chi connectivity index (χ0) is 19.2. The Bertz CT molecular complexity index is 793. The fourth-order valence-corrected chi connectivity index (χ4v) is 3.79. The molecule has 0 spiro atoms. The molecule has 2 amide bonds. The Morgan fingerprint density at radius 3 is 2.85 bits per heavy atom. The molecule has 0 unspecified atom stereocenters. The first kappa shape index (κ1) is 19.4. The third kappa shape index (κ3) is 5.32. The first-order valence-corrected chi connectivity index (χ1v) is 9.97. The molecule has 0 atom stereocenters. The lowest BCUT2D eigenvalue weighted by molar-refractivity contribution is -0.130. The van der Waals surface area contributed by atoms with Crippen LogP contribution in [-0.2, 0) is 11.2 Å². The van der Waals surface area contributed by atoms with E-state index in [1.54, 1.807) is 29.0 Å². The number of aromatic amines is 1. The summed E-state index contributed by atoms with van der Waals surface area (Å²) in [5.74, 6) is 0.596. The minimum absolute atomic E-state index is 0.0521. The molecule has 1 aliphatic rings. The molecule has 2 aromatic rings. The molecule has 1 aromatic carbocycles. The molecule has 6 nitrogen and oxygen atoms in total. The van der Waals surface area contributed by atoms with Gasteiger partial charge in [-0.1, -0.05) is 11.8 Å². The number of hydrogen-bond acceptors (Lipinski definition) is 4. The number of carbonyl (C=O) groups excluding carboxylic acids is 2. The Hall–Kier alpha value is -2.35. The summed E-state index contributed by atoms with van der Waals surface area (Å²) in [4.78, 5) is 27.2. The predicted molar refractivity (Wildman–Crippen MR) is 104 cm³/mol. The second-order valence-electron chi connectivity index (χ2n) is 6.56. The summed E-state index contributed by atoms with van der Waals surface area (Å²) in [7, 11) is 1.79. The van der Waals surface area contributed by atoms with E-state index in [2.05, 4.69) is 10.2 Å². The number of carbonyl (C=O) groups is 2. The van der Waals surface area contributed by atoms with Crippen molar-refractivity contribution in [2.75, 3.05) is 32.4 Å². The van der Waals surface area contributed by atoms with Gasteiger partial charge < -0.3 is 9.80 Å². The number of thioether (sulfide) groups is 1. The summed E-state index contributed by atoms with van der Waals surface area (Å²) < 4.78 is 13.0. The molecule has 1 fully saturated rings. The Morgan fingerprint density at radius 1 is 1.37 bits per heavy atom.